The number of thiazole rings is 1. The number of rotatable bonds is 7. The number of aromatic nitrogens is 3. The van der Waals surface area contributed by atoms with Crippen molar-refractivity contribution < 1.29 is 9.59 Å². The van der Waals surface area contributed by atoms with Crippen LogP contribution < -0.4 is 16.2 Å². The summed E-state index contributed by atoms with van der Waals surface area (Å²) in [6.45, 7) is 3.60. The number of thioether (sulfide) groups is 1. The zero-order valence-electron chi connectivity index (χ0n) is 18.4. The summed E-state index contributed by atoms with van der Waals surface area (Å²) >= 11 is 2.76. The monoisotopic (exact) mass is 481 g/mol. The molecule has 10 heteroatoms. The zero-order valence-corrected chi connectivity index (χ0v) is 20.0. The Bertz CT molecular complexity index is 1390. The minimum atomic E-state index is -0.277. The van der Waals surface area contributed by atoms with Gasteiger partial charge in [-0.05, 0) is 37.3 Å². The molecule has 4 rings (SSSR count). The topological polar surface area (TPSA) is 98.0 Å². The highest BCUT2D eigenvalue weighted by Gasteiger charge is 2.18. The lowest BCUT2D eigenvalue weighted by Gasteiger charge is -2.07. The summed E-state index contributed by atoms with van der Waals surface area (Å²) in [6, 6.07) is 14.8. The number of nitrogens with one attached hydrogen (secondary N) is 2. The van der Waals surface area contributed by atoms with Crippen LogP contribution in [0.3, 0.4) is 0 Å². The SMILES string of the molecule is CCC(=O)Nc1ccc2nc(SCC(=O)Nc3c(C)n(C)n(-c4ccccc4)c3=O)sc2c1. The number of hydrogen-bond acceptors (Lipinski definition) is 6. The Morgan fingerprint density at radius 1 is 1.09 bits per heavy atom. The molecule has 0 saturated carbocycles. The third-order valence-electron chi connectivity index (χ3n) is 5.12. The number of para-hydroxylation sites is 1. The molecule has 33 heavy (non-hydrogen) atoms. The van der Waals surface area contributed by atoms with Gasteiger partial charge < -0.3 is 10.6 Å². The molecule has 2 N–H and O–H groups in total. The number of carbonyl (C=O) groups excluding carboxylic acids is 2. The Balaban J connectivity index is 1.45. The molecule has 0 atom stereocenters. The maximum absolute atomic E-state index is 12.9. The van der Waals surface area contributed by atoms with Crippen LogP contribution in [0.25, 0.3) is 15.9 Å². The molecule has 0 unspecified atom stereocenters. The first-order valence-corrected chi connectivity index (χ1v) is 12.1. The van der Waals surface area contributed by atoms with Gasteiger partial charge in [-0.15, -0.1) is 11.3 Å². The molecule has 0 spiro atoms. The highest BCUT2D eigenvalue weighted by molar-refractivity contribution is 8.01. The van der Waals surface area contributed by atoms with Crippen LogP contribution in [0.2, 0.25) is 0 Å². The van der Waals surface area contributed by atoms with Crippen molar-refractivity contribution in [3.63, 3.8) is 0 Å². The van der Waals surface area contributed by atoms with Crippen LogP contribution in [0.4, 0.5) is 11.4 Å². The maximum Gasteiger partial charge on any atom is 0.295 e. The molecule has 2 amide bonds. The van der Waals surface area contributed by atoms with E-state index in [0.717, 1.165) is 25.9 Å². The number of nitrogens with zero attached hydrogens (tertiary/aromatic N) is 3. The van der Waals surface area contributed by atoms with Crippen molar-refractivity contribution in [3.05, 3.63) is 64.6 Å². The molecular weight excluding hydrogens is 458 g/mol. The Labute approximate surface area is 198 Å². The Morgan fingerprint density at radius 3 is 2.58 bits per heavy atom. The fourth-order valence-electron chi connectivity index (χ4n) is 3.31. The second-order valence-corrected chi connectivity index (χ2v) is 9.59. The van der Waals surface area contributed by atoms with Gasteiger partial charge in [0.2, 0.25) is 11.8 Å². The Hall–Kier alpha value is -3.37. The van der Waals surface area contributed by atoms with Gasteiger partial charge in [0.1, 0.15) is 5.69 Å². The molecule has 0 bridgehead atoms. The fourth-order valence-corrected chi connectivity index (χ4v) is 5.22. The number of anilines is 2. The van der Waals surface area contributed by atoms with Gasteiger partial charge in [-0.3, -0.25) is 19.1 Å². The first-order chi connectivity index (χ1) is 15.9. The number of benzene rings is 2. The lowest BCUT2D eigenvalue weighted by atomic mass is 10.3. The van der Waals surface area contributed by atoms with Crippen molar-refractivity contribution in [1.82, 2.24) is 14.3 Å². The van der Waals surface area contributed by atoms with Crippen molar-refractivity contribution in [2.75, 3.05) is 16.4 Å². The van der Waals surface area contributed by atoms with E-state index in [1.807, 2.05) is 48.5 Å². The van der Waals surface area contributed by atoms with Gasteiger partial charge in [0, 0.05) is 19.2 Å². The largest absolute Gasteiger partial charge is 0.326 e. The van der Waals surface area contributed by atoms with Gasteiger partial charge >= 0.3 is 0 Å². The van der Waals surface area contributed by atoms with Gasteiger partial charge in [-0.25, -0.2) is 9.67 Å². The van der Waals surface area contributed by atoms with Gasteiger partial charge in [-0.1, -0.05) is 36.9 Å². The van der Waals surface area contributed by atoms with E-state index in [1.54, 1.807) is 25.6 Å². The normalized spacial score (nSPS) is 11.0. The standard InChI is InChI=1S/C23H23N5O3S2/c1-4-19(29)24-15-10-11-17-18(12-15)33-23(25-17)32-13-20(30)26-21-14(2)27(3)28(22(21)31)16-8-6-5-7-9-16/h5-12H,4,13H2,1-3H3,(H,24,29)(H,26,30). The van der Waals surface area contributed by atoms with E-state index in [2.05, 4.69) is 15.6 Å². The van der Waals surface area contributed by atoms with Crippen LogP contribution in [0.5, 0.6) is 0 Å². The first kappa shape index (κ1) is 22.8. The quantitative estimate of drug-likeness (QED) is 0.386. The summed E-state index contributed by atoms with van der Waals surface area (Å²) in [7, 11) is 1.78. The molecule has 0 saturated heterocycles. The molecule has 4 aromatic rings. The van der Waals surface area contributed by atoms with E-state index in [0.29, 0.717) is 12.1 Å². The second kappa shape index (κ2) is 9.63. The van der Waals surface area contributed by atoms with Gasteiger partial charge in [0.25, 0.3) is 5.56 Å². The van der Waals surface area contributed by atoms with Crippen molar-refractivity contribution in [1.29, 1.82) is 0 Å². The summed E-state index contributed by atoms with van der Waals surface area (Å²) in [6.07, 6.45) is 0.411. The minimum Gasteiger partial charge on any atom is -0.326 e. The first-order valence-electron chi connectivity index (χ1n) is 10.3. The van der Waals surface area contributed by atoms with Crippen LogP contribution in [0.15, 0.2) is 57.7 Å². The number of amides is 2. The molecule has 0 aliphatic heterocycles. The van der Waals surface area contributed by atoms with Crippen LogP contribution >= 0.6 is 23.1 Å². The Morgan fingerprint density at radius 2 is 1.85 bits per heavy atom. The zero-order chi connectivity index (χ0) is 23.5. The molecule has 2 aromatic heterocycles. The predicted molar refractivity (Wildman–Crippen MR) is 134 cm³/mol. The molecule has 2 aromatic carbocycles. The summed E-state index contributed by atoms with van der Waals surface area (Å²) < 4.78 is 4.92. The second-order valence-electron chi connectivity index (χ2n) is 7.34. The predicted octanol–water partition coefficient (Wildman–Crippen LogP) is 4.17. The van der Waals surface area contributed by atoms with Crippen LogP contribution in [0.1, 0.15) is 19.0 Å². The van der Waals surface area contributed by atoms with E-state index in [1.165, 1.54) is 27.8 Å². The van der Waals surface area contributed by atoms with Crippen molar-refractivity contribution in [2.45, 2.75) is 24.6 Å². The number of fused-ring (bicyclic) bond motifs is 1. The third kappa shape index (κ3) is 4.86. The van der Waals surface area contributed by atoms with Gasteiger partial charge in [0.15, 0.2) is 4.34 Å². The van der Waals surface area contributed by atoms with E-state index in [4.69, 9.17) is 0 Å². The fraction of sp³-hybridized carbons (Fsp3) is 0.217. The average molecular weight is 482 g/mol. The van der Waals surface area contributed by atoms with E-state index < -0.39 is 0 Å². The summed E-state index contributed by atoms with van der Waals surface area (Å²) in [5.74, 6) is -0.202. The number of carbonyl (C=O) groups is 2. The minimum absolute atomic E-state index is 0.0485. The van der Waals surface area contributed by atoms with Crippen molar-refractivity contribution in [2.24, 2.45) is 7.05 Å². The maximum atomic E-state index is 12.9. The molecule has 170 valence electrons. The third-order valence-corrected chi connectivity index (χ3v) is 7.28. The van der Waals surface area contributed by atoms with Gasteiger partial charge in [0.05, 0.1) is 27.4 Å². The lowest BCUT2D eigenvalue weighted by molar-refractivity contribution is -0.116. The van der Waals surface area contributed by atoms with Crippen LogP contribution in [-0.2, 0) is 16.6 Å². The molecule has 2 heterocycles. The molecule has 0 fully saturated rings. The van der Waals surface area contributed by atoms with E-state index in [9.17, 15) is 14.4 Å². The molecule has 0 aliphatic rings. The van der Waals surface area contributed by atoms with Crippen molar-refractivity contribution in [3.8, 4) is 5.69 Å². The number of hydrogen-bond donors (Lipinski definition) is 2. The molecule has 8 nitrogen and oxygen atoms in total. The van der Waals surface area contributed by atoms with Crippen LogP contribution in [-0.4, -0.2) is 31.9 Å². The highest BCUT2D eigenvalue weighted by Crippen LogP contribution is 2.31. The molecular formula is C23H23N5O3S2. The molecule has 0 aliphatic carbocycles. The smallest absolute Gasteiger partial charge is 0.295 e. The van der Waals surface area contributed by atoms with Crippen LogP contribution in [0, 0.1) is 6.92 Å². The van der Waals surface area contributed by atoms with E-state index in [-0.39, 0.29) is 28.8 Å². The lowest BCUT2D eigenvalue weighted by Crippen LogP contribution is -2.23. The average Bonchev–Trinajstić information content (AvgIpc) is 3.31. The molecule has 0 radical (unpaired) electrons. The summed E-state index contributed by atoms with van der Waals surface area (Å²) in [5, 5.41) is 5.60. The van der Waals surface area contributed by atoms with E-state index >= 15 is 0 Å². The van der Waals surface area contributed by atoms with Crippen molar-refractivity contribution >= 4 is 56.5 Å². The summed E-state index contributed by atoms with van der Waals surface area (Å²) in [4.78, 5) is 41.7. The Kier molecular flexibility index (Phi) is 6.66. The summed E-state index contributed by atoms with van der Waals surface area (Å²) in [5.41, 5.74) is 2.92. The highest BCUT2D eigenvalue weighted by atomic mass is 32.2. The van der Waals surface area contributed by atoms with Gasteiger partial charge in [-0.2, -0.15) is 0 Å².